The van der Waals surface area contributed by atoms with Gasteiger partial charge < -0.3 is 5.32 Å². The van der Waals surface area contributed by atoms with Crippen LogP contribution in [-0.2, 0) is 0 Å². The quantitative estimate of drug-likeness (QED) is 0.753. The Balaban J connectivity index is 1.92. The summed E-state index contributed by atoms with van der Waals surface area (Å²) >= 11 is 1.29. The maximum Gasteiger partial charge on any atom is 0.262 e. The maximum absolute atomic E-state index is 13.9. The Morgan fingerprint density at radius 3 is 2.60 bits per heavy atom. The molecule has 0 radical (unpaired) electrons. The smallest absolute Gasteiger partial charge is 0.262 e. The van der Waals surface area contributed by atoms with Gasteiger partial charge in [0, 0.05) is 22.7 Å². The van der Waals surface area contributed by atoms with Gasteiger partial charge in [0.05, 0.1) is 10.9 Å². The van der Waals surface area contributed by atoms with Gasteiger partial charge in [-0.3, -0.25) is 4.79 Å². The minimum absolute atomic E-state index is 0.236. The number of rotatable bonds is 3. The summed E-state index contributed by atoms with van der Waals surface area (Å²) in [5, 5.41) is 3.65. The van der Waals surface area contributed by atoms with E-state index in [4.69, 9.17) is 0 Å². The van der Waals surface area contributed by atoms with E-state index < -0.39 is 17.7 Å². The molecule has 0 spiro atoms. The van der Waals surface area contributed by atoms with Crippen LogP contribution in [0.25, 0.3) is 10.2 Å². The van der Waals surface area contributed by atoms with E-state index in [1.54, 1.807) is 13.8 Å². The molecule has 25 heavy (non-hydrogen) atoms. The summed E-state index contributed by atoms with van der Waals surface area (Å²) < 4.78 is 26.9. The summed E-state index contributed by atoms with van der Waals surface area (Å²) in [5.41, 5.74) is 1.87. The molecule has 7 heteroatoms. The Hall–Kier alpha value is -2.41. The van der Waals surface area contributed by atoms with Crippen LogP contribution in [0.2, 0.25) is 0 Å². The van der Waals surface area contributed by atoms with Gasteiger partial charge in [0.25, 0.3) is 5.91 Å². The molecule has 0 bridgehead atoms. The van der Waals surface area contributed by atoms with Crippen LogP contribution in [0, 0.1) is 32.4 Å². The maximum atomic E-state index is 13.9. The Morgan fingerprint density at radius 1 is 1.20 bits per heavy atom. The van der Waals surface area contributed by atoms with Crippen LogP contribution in [0.1, 0.15) is 45.3 Å². The van der Waals surface area contributed by atoms with Gasteiger partial charge in [-0.1, -0.05) is 6.07 Å². The number of hydrogen-bond donors (Lipinski definition) is 1. The molecule has 0 aliphatic carbocycles. The van der Waals surface area contributed by atoms with E-state index >= 15 is 0 Å². The number of hydrogen-bond acceptors (Lipinski definition) is 4. The van der Waals surface area contributed by atoms with Crippen LogP contribution in [0.4, 0.5) is 8.78 Å². The molecule has 0 saturated carbocycles. The Kier molecular flexibility index (Phi) is 4.51. The van der Waals surface area contributed by atoms with Crippen molar-refractivity contribution in [2.75, 3.05) is 0 Å². The van der Waals surface area contributed by atoms with Crippen LogP contribution < -0.4 is 5.32 Å². The summed E-state index contributed by atoms with van der Waals surface area (Å²) in [4.78, 5) is 22.7. The largest absolute Gasteiger partial charge is 0.345 e. The lowest BCUT2D eigenvalue weighted by atomic mass is 10.1. The summed E-state index contributed by atoms with van der Waals surface area (Å²) in [7, 11) is 0. The fourth-order valence-corrected chi connectivity index (χ4v) is 4.06. The number of nitrogens with one attached hydrogen (secondary N) is 1. The molecule has 2 aromatic heterocycles. The molecule has 0 aliphatic rings. The minimum Gasteiger partial charge on any atom is -0.345 e. The molecule has 1 amide bonds. The number of carbonyl (C=O) groups excluding carboxylic acids is 1. The van der Waals surface area contributed by atoms with E-state index in [0.29, 0.717) is 10.7 Å². The molecule has 2 heterocycles. The van der Waals surface area contributed by atoms with Crippen molar-refractivity contribution in [3.8, 4) is 0 Å². The summed E-state index contributed by atoms with van der Waals surface area (Å²) in [6.45, 7) is 7.20. The summed E-state index contributed by atoms with van der Waals surface area (Å²) in [6.07, 6.45) is 0. The normalized spacial score (nSPS) is 12.4. The SMILES string of the molecule is Cc1nc(C)c2c(C)c(C(=O)NC(C)c3ccc(F)cc3F)sc2n1. The second-order valence-electron chi connectivity index (χ2n) is 5.95. The van der Waals surface area contributed by atoms with E-state index in [2.05, 4.69) is 15.3 Å². The molecule has 1 aromatic carbocycles. The van der Waals surface area contributed by atoms with Crippen LogP contribution in [0.15, 0.2) is 18.2 Å². The third kappa shape index (κ3) is 3.24. The molecule has 0 aliphatic heterocycles. The number of carbonyl (C=O) groups is 1. The van der Waals surface area contributed by atoms with Crippen molar-refractivity contribution < 1.29 is 13.6 Å². The van der Waals surface area contributed by atoms with Gasteiger partial charge in [-0.05, 0) is 39.3 Å². The lowest BCUT2D eigenvalue weighted by molar-refractivity contribution is 0.0943. The molecule has 0 fully saturated rings. The highest BCUT2D eigenvalue weighted by Crippen LogP contribution is 2.31. The second kappa shape index (κ2) is 6.48. The Labute approximate surface area is 147 Å². The van der Waals surface area contributed by atoms with Crippen molar-refractivity contribution in [1.29, 1.82) is 0 Å². The first kappa shape index (κ1) is 17.4. The first-order valence-electron chi connectivity index (χ1n) is 7.78. The average Bonchev–Trinajstić information content (AvgIpc) is 2.83. The van der Waals surface area contributed by atoms with Crippen molar-refractivity contribution in [2.24, 2.45) is 0 Å². The zero-order valence-corrected chi connectivity index (χ0v) is 15.1. The molecule has 1 N–H and O–H groups in total. The first-order valence-corrected chi connectivity index (χ1v) is 8.59. The number of aromatic nitrogens is 2. The third-order valence-corrected chi connectivity index (χ3v) is 5.25. The highest BCUT2D eigenvalue weighted by Gasteiger charge is 2.21. The van der Waals surface area contributed by atoms with Gasteiger partial charge in [-0.15, -0.1) is 11.3 Å². The summed E-state index contributed by atoms with van der Waals surface area (Å²) in [6, 6.07) is 2.73. The number of fused-ring (bicyclic) bond motifs is 1. The number of halogens is 2. The van der Waals surface area contributed by atoms with E-state index in [1.165, 1.54) is 23.5 Å². The van der Waals surface area contributed by atoms with Crippen molar-refractivity contribution in [3.05, 3.63) is 57.4 Å². The number of benzene rings is 1. The van der Waals surface area contributed by atoms with Crippen molar-refractivity contribution >= 4 is 27.5 Å². The molecular weight excluding hydrogens is 344 g/mol. The second-order valence-corrected chi connectivity index (χ2v) is 6.95. The zero-order chi connectivity index (χ0) is 18.3. The monoisotopic (exact) mass is 361 g/mol. The lowest BCUT2D eigenvalue weighted by Crippen LogP contribution is -2.27. The molecule has 1 atom stereocenters. The fourth-order valence-electron chi connectivity index (χ4n) is 2.88. The number of nitrogens with zero attached hydrogens (tertiary/aromatic N) is 2. The number of thiophene rings is 1. The molecule has 1 unspecified atom stereocenters. The molecule has 3 aromatic rings. The van der Waals surface area contributed by atoms with E-state index in [9.17, 15) is 13.6 Å². The van der Waals surface area contributed by atoms with E-state index in [0.717, 1.165) is 27.5 Å². The van der Waals surface area contributed by atoms with Gasteiger partial charge in [0.1, 0.15) is 22.3 Å². The lowest BCUT2D eigenvalue weighted by Gasteiger charge is -2.15. The third-order valence-electron chi connectivity index (χ3n) is 4.07. The van der Waals surface area contributed by atoms with Gasteiger partial charge in [0.15, 0.2) is 0 Å². The van der Waals surface area contributed by atoms with Crippen molar-refractivity contribution in [3.63, 3.8) is 0 Å². The van der Waals surface area contributed by atoms with E-state index in [-0.39, 0.29) is 11.5 Å². The van der Waals surface area contributed by atoms with E-state index in [1.807, 2.05) is 13.8 Å². The van der Waals surface area contributed by atoms with Gasteiger partial charge in [-0.25, -0.2) is 18.7 Å². The molecule has 130 valence electrons. The van der Waals surface area contributed by atoms with Crippen molar-refractivity contribution in [1.82, 2.24) is 15.3 Å². The zero-order valence-electron chi connectivity index (χ0n) is 14.3. The highest BCUT2D eigenvalue weighted by atomic mass is 32.1. The molecule has 0 saturated heterocycles. The predicted molar refractivity (Wildman–Crippen MR) is 93.9 cm³/mol. The summed E-state index contributed by atoms with van der Waals surface area (Å²) in [5.74, 6) is -0.989. The van der Waals surface area contributed by atoms with Crippen molar-refractivity contribution in [2.45, 2.75) is 33.7 Å². The number of amides is 1. The Morgan fingerprint density at radius 2 is 1.92 bits per heavy atom. The number of aryl methyl sites for hydroxylation is 3. The fraction of sp³-hybridized carbons (Fsp3) is 0.278. The topological polar surface area (TPSA) is 54.9 Å². The van der Waals surface area contributed by atoms with Gasteiger partial charge >= 0.3 is 0 Å². The molecular formula is C18H17F2N3OS. The van der Waals surface area contributed by atoms with Gasteiger partial charge in [-0.2, -0.15) is 0 Å². The first-order chi connectivity index (χ1) is 11.8. The van der Waals surface area contributed by atoms with Crippen LogP contribution in [0.3, 0.4) is 0 Å². The molecule has 4 nitrogen and oxygen atoms in total. The Bertz CT molecular complexity index is 984. The molecule has 3 rings (SSSR count). The van der Waals surface area contributed by atoms with Crippen LogP contribution >= 0.6 is 11.3 Å². The minimum atomic E-state index is -0.682. The standard InChI is InChI=1S/C18H17F2N3OS/c1-8-15-10(3)21-11(4)23-18(15)25-16(8)17(24)22-9(2)13-6-5-12(19)7-14(13)20/h5-7,9H,1-4H3,(H,22,24). The average molecular weight is 361 g/mol. The van der Waals surface area contributed by atoms with Gasteiger partial charge in [0.2, 0.25) is 0 Å². The van der Waals surface area contributed by atoms with Crippen LogP contribution in [0.5, 0.6) is 0 Å². The van der Waals surface area contributed by atoms with Crippen LogP contribution in [-0.4, -0.2) is 15.9 Å². The highest BCUT2D eigenvalue weighted by molar-refractivity contribution is 7.20. The predicted octanol–water partition coefficient (Wildman–Crippen LogP) is 4.39.